The normalized spacial score (nSPS) is 16.2. The molecule has 0 saturated carbocycles. The zero-order valence-corrected chi connectivity index (χ0v) is 11.1. The fraction of sp³-hybridized carbons (Fsp3) is 0.462. The van der Waals surface area contributed by atoms with Crippen LogP contribution in [-0.4, -0.2) is 49.5 Å². The lowest BCUT2D eigenvalue weighted by atomic mass is 10.3. The number of nitrogens with zero attached hydrogens (tertiary/aromatic N) is 1. The number of rotatable bonds is 4. The van der Waals surface area contributed by atoms with E-state index in [0.29, 0.717) is 11.8 Å². The molecule has 0 aromatic heterocycles. The molecule has 2 rings (SSSR count). The van der Waals surface area contributed by atoms with Crippen molar-refractivity contribution in [1.29, 1.82) is 0 Å². The summed E-state index contributed by atoms with van der Waals surface area (Å²) in [4.78, 5) is 2.31. The average Bonchev–Trinajstić information content (AvgIpc) is 2.41. The van der Waals surface area contributed by atoms with Crippen LogP contribution in [0, 0.1) is 0 Å². The Kier molecular flexibility index (Phi) is 5.38. The highest BCUT2D eigenvalue weighted by Gasteiger charge is 2.09. The summed E-state index contributed by atoms with van der Waals surface area (Å²) >= 11 is 5.13. The number of morpholine rings is 1. The largest absolute Gasteiger partial charge is 0.469 e. The van der Waals surface area contributed by atoms with E-state index in [1.165, 1.54) is 0 Å². The Hall–Kier alpha value is -1.17. The maximum Gasteiger partial charge on any atom is 0.261 e. The molecule has 18 heavy (non-hydrogen) atoms. The average molecular weight is 266 g/mol. The minimum absolute atomic E-state index is 0.425. The lowest BCUT2D eigenvalue weighted by Gasteiger charge is -2.26. The van der Waals surface area contributed by atoms with Gasteiger partial charge in [0.05, 0.1) is 13.2 Å². The highest BCUT2D eigenvalue weighted by atomic mass is 32.1. The smallest absolute Gasteiger partial charge is 0.261 e. The molecule has 1 aliphatic rings. The van der Waals surface area contributed by atoms with Gasteiger partial charge in [-0.1, -0.05) is 18.2 Å². The van der Waals surface area contributed by atoms with Gasteiger partial charge in [0, 0.05) is 25.3 Å². The Morgan fingerprint density at radius 2 is 2.00 bits per heavy atom. The number of nitrogens with one attached hydrogen (secondary N) is 1. The summed E-state index contributed by atoms with van der Waals surface area (Å²) in [7, 11) is 0. The molecule has 1 heterocycles. The fourth-order valence-electron chi connectivity index (χ4n) is 1.77. The summed E-state index contributed by atoms with van der Waals surface area (Å²) in [5, 5.41) is 3.47. The minimum atomic E-state index is 0.425. The number of thiocarbonyl (C=S) groups is 1. The van der Waals surface area contributed by atoms with E-state index in [0.717, 1.165) is 38.5 Å². The van der Waals surface area contributed by atoms with Gasteiger partial charge >= 0.3 is 0 Å². The highest BCUT2D eigenvalue weighted by molar-refractivity contribution is 7.80. The number of para-hydroxylation sites is 1. The summed E-state index contributed by atoms with van der Waals surface area (Å²) in [6.45, 7) is 5.07. The highest BCUT2D eigenvalue weighted by Crippen LogP contribution is 2.05. The van der Waals surface area contributed by atoms with Gasteiger partial charge in [0.15, 0.2) is 0 Å². The third-order valence-corrected chi connectivity index (χ3v) is 2.98. The molecule has 1 fully saturated rings. The Morgan fingerprint density at radius 1 is 1.28 bits per heavy atom. The number of anilines is 1. The van der Waals surface area contributed by atoms with Crippen LogP contribution in [0.1, 0.15) is 0 Å². The molecule has 1 aromatic carbocycles. The van der Waals surface area contributed by atoms with Gasteiger partial charge in [0.2, 0.25) is 0 Å². The number of hydrogen-bond donors (Lipinski definition) is 1. The van der Waals surface area contributed by atoms with Gasteiger partial charge in [-0.05, 0) is 24.4 Å². The van der Waals surface area contributed by atoms with Gasteiger partial charge in [-0.2, -0.15) is 0 Å². The lowest BCUT2D eigenvalue weighted by molar-refractivity contribution is 0.0317. The zero-order valence-electron chi connectivity index (χ0n) is 10.3. The first kappa shape index (κ1) is 13.3. The molecule has 1 saturated heterocycles. The molecule has 0 amide bonds. The van der Waals surface area contributed by atoms with E-state index in [9.17, 15) is 0 Å². The second-order valence-electron chi connectivity index (χ2n) is 4.08. The van der Waals surface area contributed by atoms with Crippen molar-refractivity contribution in [1.82, 2.24) is 4.90 Å². The molecule has 0 spiro atoms. The van der Waals surface area contributed by atoms with E-state index in [2.05, 4.69) is 10.2 Å². The Labute approximate surface area is 113 Å². The second kappa shape index (κ2) is 7.31. The van der Waals surface area contributed by atoms with E-state index in [1.807, 2.05) is 30.3 Å². The van der Waals surface area contributed by atoms with Crippen LogP contribution in [0.4, 0.5) is 5.69 Å². The molecule has 0 atom stereocenters. The molecule has 5 heteroatoms. The van der Waals surface area contributed by atoms with Crippen molar-refractivity contribution in [3.05, 3.63) is 30.3 Å². The number of ether oxygens (including phenoxy) is 2. The summed E-state index contributed by atoms with van der Waals surface area (Å²) in [5.74, 6) is 0. The predicted octanol–water partition coefficient (Wildman–Crippen LogP) is 1.73. The van der Waals surface area contributed by atoms with E-state index < -0.39 is 0 Å². The van der Waals surface area contributed by atoms with Crippen molar-refractivity contribution in [3.8, 4) is 0 Å². The first-order valence-electron chi connectivity index (χ1n) is 6.13. The maximum absolute atomic E-state index is 5.49. The summed E-state index contributed by atoms with van der Waals surface area (Å²) < 4.78 is 10.8. The van der Waals surface area contributed by atoms with E-state index in [4.69, 9.17) is 21.7 Å². The van der Waals surface area contributed by atoms with Crippen molar-refractivity contribution >= 4 is 23.1 Å². The summed E-state index contributed by atoms with van der Waals surface area (Å²) in [6.07, 6.45) is 0. The van der Waals surface area contributed by atoms with Gasteiger partial charge in [-0.25, -0.2) is 0 Å². The lowest BCUT2D eigenvalue weighted by Crippen LogP contribution is -2.38. The van der Waals surface area contributed by atoms with Crippen molar-refractivity contribution < 1.29 is 9.47 Å². The van der Waals surface area contributed by atoms with Crippen molar-refractivity contribution in [2.75, 3.05) is 44.8 Å². The van der Waals surface area contributed by atoms with E-state index >= 15 is 0 Å². The molecule has 1 aromatic rings. The third-order valence-electron chi connectivity index (χ3n) is 2.76. The summed E-state index contributed by atoms with van der Waals surface area (Å²) in [6, 6.07) is 9.79. The van der Waals surface area contributed by atoms with Gasteiger partial charge in [0.25, 0.3) is 5.17 Å². The van der Waals surface area contributed by atoms with Crippen LogP contribution >= 0.6 is 12.2 Å². The van der Waals surface area contributed by atoms with Gasteiger partial charge in [0.1, 0.15) is 6.61 Å². The van der Waals surface area contributed by atoms with E-state index in [-0.39, 0.29) is 0 Å². The van der Waals surface area contributed by atoms with Crippen LogP contribution in [0.25, 0.3) is 0 Å². The molecule has 1 N–H and O–H groups in total. The fourth-order valence-corrected chi connectivity index (χ4v) is 1.97. The SMILES string of the molecule is S=C(Nc1ccccc1)OCCN1CCOCC1. The van der Waals surface area contributed by atoms with Crippen LogP contribution in [0.5, 0.6) is 0 Å². The van der Waals surface area contributed by atoms with Crippen LogP contribution in [0.2, 0.25) is 0 Å². The van der Waals surface area contributed by atoms with Crippen LogP contribution in [0.15, 0.2) is 30.3 Å². The van der Waals surface area contributed by atoms with Gasteiger partial charge in [-0.3, -0.25) is 4.90 Å². The molecule has 1 aliphatic heterocycles. The topological polar surface area (TPSA) is 33.7 Å². The third kappa shape index (κ3) is 4.60. The second-order valence-corrected chi connectivity index (χ2v) is 4.45. The summed E-state index contributed by atoms with van der Waals surface area (Å²) in [5.41, 5.74) is 0.953. The number of hydrogen-bond acceptors (Lipinski definition) is 4. The Balaban J connectivity index is 1.62. The monoisotopic (exact) mass is 266 g/mol. The van der Waals surface area contributed by atoms with Gasteiger partial charge < -0.3 is 14.8 Å². The maximum atomic E-state index is 5.49. The Morgan fingerprint density at radius 3 is 2.72 bits per heavy atom. The molecular formula is C13H18N2O2S. The van der Waals surface area contributed by atoms with Crippen LogP contribution in [-0.2, 0) is 9.47 Å². The Bertz CT molecular complexity index is 367. The van der Waals surface area contributed by atoms with E-state index in [1.54, 1.807) is 0 Å². The first-order chi connectivity index (χ1) is 8.84. The first-order valence-corrected chi connectivity index (χ1v) is 6.54. The predicted molar refractivity (Wildman–Crippen MR) is 75.9 cm³/mol. The molecule has 0 radical (unpaired) electrons. The van der Waals surface area contributed by atoms with Crippen molar-refractivity contribution in [2.45, 2.75) is 0 Å². The zero-order chi connectivity index (χ0) is 12.6. The standard InChI is InChI=1S/C13H18N2O2S/c18-13(14-12-4-2-1-3-5-12)17-11-8-15-6-9-16-10-7-15/h1-5H,6-11H2,(H,14,18). The molecule has 98 valence electrons. The van der Waals surface area contributed by atoms with Crippen molar-refractivity contribution in [2.24, 2.45) is 0 Å². The molecular weight excluding hydrogens is 248 g/mol. The molecule has 0 aliphatic carbocycles. The molecule has 0 bridgehead atoms. The minimum Gasteiger partial charge on any atom is -0.469 e. The van der Waals surface area contributed by atoms with Crippen molar-refractivity contribution in [3.63, 3.8) is 0 Å². The number of benzene rings is 1. The molecule has 0 unspecified atom stereocenters. The molecule has 4 nitrogen and oxygen atoms in total. The van der Waals surface area contributed by atoms with Gasteiger partial charge in [-0.15, -0.1) is 0 Å². The quantitative estimate of drug-likeness (QED) is 0.840. The van der Waals surface area contributed by atoms with Crippen LogP contribution in [0.3, 0.4) is 0 Å². The van der Waals surface area contributed by atoms with Crippen LogP contribution < -0.4 is 5.32 Å².